The van der Waals surface area contributed by atoms with Crippen molar-refractivity contribution >= 4 is 34.5 Å². The van der Waals surface area contributed by atoms with Crippen LogP contribution >= 0.6 is 22.9 Å². The van der Waals surface area contributed by atoms with Gasteiger partial charge in [0.1, 0.15) is 0 Å². The number of amides is 2. The van der Waals surface area contributed by atoms with Gasteiger partial charge in [0.15, 0.2) is 0 Å². The standard InChI is InChI=1S/C23H25ClN4O3S/c1-14(2)30-11-6-10-28-15(3)19(22-26-21(27-31-22)18-9-5-12-32-18)20(25-23(28)29)16-7-4-8-17(24)13-16/h4-5,7-9,12-14,20H,6,10-11H2,1-3H3,(H,25,29). The molecule has 3 heterocycles. The average Bonchev–Trinajstić information content (AvgIpc) is 3.44. The second kappa shape index (κ2) is 9.85. The molecule has 1 aliphatic heterocycles. The summed E-state index contributed by atoms with van der Waals surface area (Å²) in [5.41, 5.74) is 2.37. The molecule has 4 rings (SSSR count). The Morgan fingerprint density at radius 2 is 2.16 bits per heavy atom. The highest BCUT2D eigenvalue weighted by atomic mass is 35.5. The summed E-state index contributed by atoms with van der Waals surface area (Å²) in [7, 11) is 0. The molecule has 2 amide bonds. The number of nitrogens with zero attached hydrogens (tertiary/aromatic N) is 3. The van der Waals surface area contributed by atoms with E-state index in [1.54, 1.807) is 22.3 Å². The van der Waals surface area contributed by atoms with E-state index in [9.17, 15) is 4.79 Å². The zero-order valence-corrected chi connectivity index (χ0v) is 19.7. The summed E-state index contributed by atoms with van der Waals surface area (Å²) in [6.07, 6.45) is 0.862. The first-order valence-corrected chi connectivity index (χ1v) is 11.7. The minimum Gasteiger partial charge on any atom is -0.379 e. The van der Waals surface area contributed by atoms with Crippen LogP contribution in [0.25, 0.3) is 16.3 Å². The number of halogens is 1. The summed E-state index contributed by atoms with van der Waals surface area (Å²) in [5, 5.41) is 9.81. The smallest absolute Gasteiger partial charge is 0.322 e. The predicted molar refractivity (Wildman–Crippen MR) is 125 cm³/mol. The number of rotatable bonds is 8. The molecule has 0 radical (unpaired) electrons. The molecule has 0 fully saturated rings. The van der Waals surface area contributed by atoms with Crippen molar-refractivity contribution in [3.8, 4) is 10.7 Å². The Morgan fingerprint density at radius 3 is 2.88 bits per heavy atom. The van der Waals surface area contributed by atoms with Crippen LogP contribution in [-0.4, -0.2) is 40.3 Å². The van der Waals surface area contributed by atoms with Gasteiger partial charge in [-0.15, -0.1) is 11.3 Å². The van der Waals surface area contributed by atoms with E-state index in [4.69, 9.17) is 20.9 Å². The van der Waals surface area contributed by atoms with Crippen molar-refractivity contribution in [2.24, 2.45) is 0 Å². The van der Waals surface area contributed by atoms with E-state index in [0.717, 1.165) is 21.7 Å². The normalized spacial score (nSPS) is 16.7. The van der Waals surface area contributed by atoms with Gasteiger partial charge in [0.05, 0.1) is 22.6 Å². The van der Waals surface area contributed by atoms with Gasteiger partial charge in [-0.2, -0.15) is 4.98 Å². The van der Waals surface area contributed by atoms with Crippen LogP contribution in [0.1, 0.15) is 44.7 Å². The average molecular weight is 473 g/mol. The number of carbonyl (C=O) groups excluding carboxylic acids is 1. The lowest BCUT2D eigenvalue weighted by atomic mass is 9.94. The van der Waals surface area contributed by atoms with Crippen LogP contribution < -0.4 is 5.32 Å². The molecule has 1 atom stereocenters. The van der Waals surface area contributed by atoms with Crippen LogP contribution in [-0.2, 0) is 4.74 Å². The Morgan fingerprint density at radius 1 is 1.31 bits per heavy atom. The maximum absolute atomic E-state index is 13.0. The molecule has 168 valence electrons. The van der Waals surface area contributed by atoms with E-state index < -0.39 is 6.04 Å². The van der Waals surface area contributed by atoms with Crippen molar-refractivity contribution in [1.29, 1.82) is 0 Å². The van der Waals surface area contributed by atoms with Crippen molar-refractivity contribution in [3.63, 3.8) is 0 Å². The Bertz CT molecular complexity index is 1110. The lowest BCUT2D eigenvalue weighted by molar-refractivity contribution is 0.0736. The van der Waals surface area contributed by atoms with E-state index in [-0.39, 0.29) is 12.1 Å². The highest BCUT2D eigenvalue weighted by molar-refractivity contribution is 7.13. The molecule has 0 saturated carbocycles. The Balaban J connectivity index is 1.70. The first kappa shape index (κ1) is 22.5. The summed E-state index contributed by atoms with van der Waals surface area (Å²) >= 11 is 7.78. The molecular formula is C23H25ClN4O3S. The third kappa shape index (κ3) is 4.87. The number of nitrogens with one attached hydrogen (secondary N) is 1. The Labute approximate surface area is 196 Å². The molecule has 0 saturated heterocycles. The number of hydrogen-bond acceptors (Lipinski definition) is 6. The van der Waals surface area contributed by atoms with Crippen molar-refractivity contribution in [2.45, 2.75) is 39.3 Å². The fraction of sp³-hybridized carbons (Fsp3) is 0.348. The van der Waals surface area contributed by atoms with Gasteiger partial charge in [-0.25, -0.2) is 4.79 Å². The third-order valence-electron chi connectivity index (χ3n) is 5.15. The molecule has 7 nitrogen and oxygen atoms in total. The summed E-state index contributed by atoms with van der Waals surface area (Å²) in [4.78, 5) is 20.3. The highest BCUT2D eigenvalue weighted by Crippen LogP contribution is 2.38. The number of thiophene rings is 1. The predicted octanol–water partition coefficient (Wildman–Crippen LogP) is 5.76. The number of carbonyl (C=O) groups is 1. The van der Waals surface area contributed by atoms with Crippen LogP contribution in [0, 0.1) is 0 Å². The van der Waals surface area contributed by atoms with Crippen LogP contribution in [0.5, 0.6) is 0 Å². The minimum atomic E-state index is -0.457. The molecular weight excluding hydrogens is 448 g/mol. The van der Waals surface area contributed by atoms with Crippen molar-refractivity contribution in [3.05, 3.63) is 64.0 Å². The van der Waals surface area contributed by atoms with Gasteiger partial charge in [0, 0.05) is 23.9 Å². The summed E-state index contributed by atoms with van der Waals surface area (Å²) in [5.74, 6) is 0.897. The maximum atomic E-state index is 13.0. The molecule has 3 aromatic rings. The zero-order chi connectivity index (χ0) is 22.7. The van der Waals surface area contributed by atoms with E-state index >= 15 is 0 Å². The topological polar surface area (TPSA) is 80.5 Å². The van der Waals surface area contributed by atoms with Gasteiger partial charge >= 0.3 is 6.03 Å². The Kier molecular flexibility index (Phi) is 6.93. The van der Waals surface area contributed by atoms with Gasteiger partial charge in [0.25, 0.3) is 5.89 Å². The molecule has 1 N–H and O–H groups in total. The summed E-state index contributed by atoms with van der Waals surface area (Å²) < 4.78 is 11.3. The second-order valence-electron chi connectivity index (χ2n) is 7.76. The summed E-state index contributed by atoms with van der Waals surface area (Å²) in [6, 6.07) is 10.7. The molecule has 1 unspecified atom stereocenters. The fourth-order valence-corrected chi connectivity index (χ4v) is 4.49. The quantitative estimate of drug-likeness (QED) is 0.421. The number of benzene rings is 1. The molecule has 2 aromatic heterocycles. The Hall–Kier alpha value is -2.68. The van der Waals surface area contributed by atoms with Crippen LogP contribution in [0.4, 0.5) is 4.79 Å². The number of allylic oxidation sites excluding steroid dienone is 1. The molecule has 1 aromatic carbocycles. The monoisotopic (exact) mass is 472 g/mol. The van der Waals surface area contributed by atoms with Gasteiger partial charge in [-0.1, -0.05) is 35.0 Å². The number of ether oxygens (including phenoxy) is 1. The first-order valence-electron chi connectivity index (χ1n) is 10.5. The minimum absolute atomic E-state index is 0.152. The van der Waals surface area contributed by atoms with Gasteiger partial charge in [0.2, 0.25) is 5.82 Å². The number of hydrogen-bond donors (Lipinski definition) is 1. The third-order valence-corrected chi connectivity index (χ3v) is 6.25. The number of aromatic nitrogens is 2. The molecule has 9 heteroatoms. The number of urea groups is 1. The van der Waals surface area contributed by atoms with Crippen LogP contribution in [0.3, 0.4) is 0 Å². The summed E-state index contributed by atoms with van der Waals surface area (Å²) in [6.45, 7) is 6.98. The van der Waals surface area contributed by atoms with E-state index in [1.807, 2.05) is 56.5 Å². The van der Waals surface area contributed by atoms with E-state index in [2.05, 4.69) is 15.5 Å². The lowest BCUT2D eigenvalue weighted by Gasteiger charge is -2.35. The van der Waals surface area contributed by atoms with Gasteiger partial charge in [-0.05, 0) is 56.3 Å². The molecule has 32 heavy (non-hydrogen) atoms. The zero-order valence-electron chi connectivity index (χ0n) is 18.2. The maximum Gasteiger partial charge on any atom is 0.322 e. The largest absolute Gasteiger partial charge is 0.379 e. The lowest BCUT2D eigenvalue weighted by Crippen LogP contribution is -2.46. The first-order chi connectivity index (χ1) is 15.4. The van der Waals surface area contributed by atoms with Crippen LogP contribution in [0.15, 0.2) is 52.0 Å². The second-order valence-corrected chi connectivity index (χ2v) is 9.15. The fourth-order valence-electron chi connectivity index (χ4n) is 3.64. The molecule has 1 aliphatic rings. The SMILES string of the molecule is CC1=C(c2nc(-c3cccs3)no2)C(c2cccc(Cl)c2)NC(=O)N1CCCOC(C)C. The van der Waals surface area contributed by atoms with Crippen molar-refractivity contribution < 1.29 is 14.1 Å². The van der Waals surface area contributed by atoms with Crippen LogP contribution in [0.2, 0.25) is 5.02 Å². The van der Waals surface area contributed by atoms with Gasteiger partial charge in [-0.3, -0.25) is 4.90 Å². The molecule has 0 aliphatic carbocycles. The molecule has 0 spiro atoms. The van der Waals surface area contributed by atoms with E-state index in [0.29, 0.717) is 36.3 Å². The van der Waals surface area contributed by atoms with Crippen molar-refractivity contribution in [2.75, 3.05) is 13.2 Å². The van der Waals surface area contributed by atoms with Crippen molar-refractivity contribution in [1.82, 2.24) is 20.4 Å². The van der Waals surface area contributed by atoms with Gasteiger partial charge < -0.3 is 14.6 Å². The highest BCUT2D eigenvalue weighted by Gasteiger charge is 2.35. The van der Waals surface area contributed by atoms with E-state index in [1.165, 1.54) is 0 Å². The molecule has 0 bridgehead atoms.